The zero-order valence-corrected chi connectivity index (χ0v) is 9.60. The van der Waals surface area contributed by atoms with Crippen LogP contribution in [0.1, 0.15) is 21.7 Å². The molecule has 1 aromatic heterocycles. The zero-order valence-electron chi connectivity index (χ0n) is 9.60. The number of hydrogen-bond acceptors (Lipinski definition) is 2. The third kappa shape index (κ3) is 1.62. The molecule has 4 nitrogen and oxygen atoms in total. The van der Waals surface area contributed by atoms with Crippen LogP contribution in [-0.2, 0) is 6.42 Å². The SMILES string of the molecule is Cc1cc(C(=O)N2CCc3ccccc32)n[nH]1. The molecule has 3 rings (SSSR count). The molecule has 0 bridgehead atoms. The number of fused-ring (bicyclic) bond motifs is 1. The van der Waals surface area contributed by atoms with Crippen LogP contribution in [0.2, 0.25) is 0 Å². The lowest BCUT2D eigenvalue weighted by molar-refractivity contribution is 0.0984. The van der Waals surface area contributed by atoms with Gasteiger partial charge >= 0.3 is 0 Å². The summed E-state index contributed by atoms with van der Waals surface area (Å²) in [7, 11) is 0. The van der Waals surface area contributed by atoms with Crippen molar-refractivity contribution < 1.29 is 4.79 Å². The van der Waals surface area contributed by atoms with E-state index in [1.165, 1.54) is 5.56 Å². The number of benzene rings is 1. The van der Waals surface area contributed by atoms with Crippen molar-refractivity contribution in [1.29, 1.82) is 0 Å². The summed E-state index contributed by atoms with van der Waals surface area (Å²) in [5, 5.41) is 6.82. The molecule has 1 aliphatic heterocycles. The highest BCUT2D eigenvalue weighted by atomic mass is 16.2. The number of nitrogens with zero attached hydrogens (tertiary/aromatic N) is 2. The Labute approximate surface area is 99.3 Å². The average Bonchev–Trinajstić information content (AvgIpc) is 2.94. The van der Waals surface area contributed by atoms with Crippen molar-refractivity contribution in [2.24, 2.45) is 0 Å². The molecule has 1 N–H and O–H groups in total. The van der Waals surface area contributed by atoms with Gasteiger partial charge in [-0.1, -0.05) is 18.2 Å². The predicted molar refractivity (Wildman–Crippen MR) is 65.1 cm³/mol. The molecular weight excluding hydrogens is 214 g/mol. The van der Waals surface area contributed by atoms with E-state index >= 15 is 0 Å². The number of rotatable bonds is 1. The van der Waals surface area contributed by atoms with E-state index < -0.39 is 0 Å². The van der Waals surface area contributed by atoms with Gasteiger partial charge in [0.15, 0.2) is 5.69 Å². The van der Waals surface area contributed by atoms with Crippen molar-refractivity contribution in [3.05, 3.63) is 47.3 Å². The topological polar surface area (TPSA) is 49.0 Å². The van der Waals surface area contributed by atoms with E-state index in [4.69, 9.17) is 0 Å². The number of nitrogens with one attached hydrogen (secondary N) is 1. The highest BCUT2D eigenvalue weighted by molar-refractivity contribution is 6.06. The van der Waals surface area contributed by atoms with Crippen LogP contribution in [0.25, 0.3) is 0 Å². The highest BCUT2D eigenvalue weighted by Gasteiger charge is 2.26. The van der Waals surface area contributed by atoms with Gasteiger partial charge in [-0.25, -0.2) is 0 Å². The number of aryl methyl sites for hydroxylation is 1. The van der Waals surface area contributed by atoms with Crippen LogP contribution in [0.4, 0.5) is 5.69 Å². The number of carbonyl (C=O) groups excluding carboxylic acids is 1. The van der Waals surface area contributed by atoms with Crippen molar-refractivity contribution >= 4 is 11.6 Å². The lowest BCUT2D eigenvalue weighted by atomic mass is 10.2. The second-order valence-electron chi connectivity index (χ2n) is 4.27. The fraction of sp³-hybridized carbons (Fsp3) is 0.231. The summed E-state index contributed by atoms with van der Waals surface area (Å²) in [6, 6.07) is 9.80. The van der Waals surface area contributed by atoms with Crippen LogP contribution in [-0.4, -0.2) is 22.6 Å². The van der Waals surface area contributed by atoms with Gasteiger partial charge in [0.25, 0.3) is 5.91 Å². The normalized spacial score (nSPS) is 13.8. The van der Waals surface area contributed by atoms with Crippen molar-refractivity contribution in [3.8, 4) is 0 Å². The molecule has 17 heavy (non-hydrogen) atoms. The molecule has 0 saturated carbocycles. The van der Waals surface area contributed by atoms with Gasteiger partial charge in [-0.05, 0) is 31.0 Å². The smallest absolute Gasteiger partial charge is 0.278 e. The number of aromatic amines is 1. The first-order chi connectivity index (χ1) is 8.25. The molecule has 86 valence electrons. The van der Waals surface area contributed by atoms with Crippen LogP contribution in [0.5, 0.6) is 0 Å². The van der Waals surface area contributed by atoms with Gasteiger partial charge in [-0.3, -0.25) is 9.89 Å². The Morgan fingerprint density at radius 2 is 2.24 bits per heavy atom. The van der Waals surface area contributed by atoms with E-state index in [1.807, 2.05) is 25.1 Å². The molecule has 0 radical (unpaired) electrons. The Balaban J connectivity index is 1.95. The monoisotopic (exact) mass is 227 g/mol. The summed E-state index contributed by atoms with van der Waals surface area (Å²) in [5.74, 6) is -0.0284. The molecule has 2 heterocycles. The van der Waals surface area contributed by atoms with Crippen molar-refractivity contribution in [3.63, 3.8) is 0 Å². The molecular formula is C13H13N3O. The van der Waals surface area contributed by atoms with Gasteiger partial charge in [0.1, 0.15) is 0 Å². The number of hydrogen-bond donors (Lipinski definition) is 1. The van der Waals surface area contributed by atoms with Crippen molar-refractivity contribution in [2.75, 3.05) is 11.4 Å². The summed E-state index contributed by atoms with van der Waals surface area (Å²) < 4.78 is 0. The lowest BCUT2D eigenvalue weighted by Crippen LogP contribution is -2.29. The third-order valence-corrected chi connectivity index (χ3v) is 3.06. The van der Waals surface area contributed by atoms with Gasteiger partial charge < -0.3 is 4.90 Å². The summed E-state index contributed by atoms with van der Waals surface area (Å²) in [4.78, 5) is 14.1. The van der Waals surface area contributed by atoms with Gasteiger partial charge in [0.2, 0.25) is 0 Å². The molecule has 0 aliphatic carbocycles. The van der Waals surface area contributed by atoms with E-state index in [1.54, 1.807) is 11.0 Å². The number of amides is 1. The van der Waals surface area contributed by atoms with Crippen molar-refractivity contribution in [2.45, 2.75) is 13.3 Å². The zero-order chi connectivity index (χ0) is 11.8. The number of para-hydroxylation sites is 1. The Hall–Kier alpha value is -2.10. The van der Waals surface area contributed by atoms with E-state index in [0.717, 1.165) is 24.3 Å². The van der Waals surface area contributed by atoms with Crippen LogP contribution >= 0.6 is 0 Å². The molecule has 0 spiro atoms. The lowest BCUT2D eigenvalue weighted by Gasteiger charge is -2.15. The molecule has 1 aliphatic rings. The van der Waals surface area contributed by atoms with E-state index in [-0.39, 0.29) is 5.91 Å². The minimum atomic E-state index is -0.0284. The number of H-pyrrole nitrogens is 1. The molecule has 0 unspecified atom stereocenters. The number of aromatic nitrogens is 2. The maximum Gasteiger partial charge on any atom is 0.278 e. The fourth-order valence-electron chi connectivity index (χ4n) is 2.22. The first-order valence-corrected chi connectivity index (χ1v) is 5.67. The maximum atomic E-state index is 12.3. The van der Waals surface area contributed by atoms with Crippen LogP contribution in [0.15, 0.2) is 30.3 Å². The molecule has 2 aromatic rings. The van der Waals surface area contributed by atoms with E-state index in [0.29, 0.717) is 5.69 Å². The molecule has 0 saturated heterocycles. The van der Waals surface area contributed by atoms with Crippen molar-refractivity contribution in [1.82, 2.24) is 10.2 Å². The number of carbonyl (C=O) groups is 1. The largest absolute Gasteiger partial charge is 0.306 e. The van der Waals surface area contributed by atoms with Gasteiger partial charge in [-0.15, -0.1) is 0 Å². The quantitative estimate of drug-likeness (QED) is 0.809. The van der Waals surface area contributed by atoms with Crippen LogP contribution in [0.3, 0.4) is 0 Å². The third-order valence-electron chi connectivity index (χ3n) is 3.06. The summed E-state index contributed by atoms with van der Waals surface area (Å²) in [6.07, 6.45) is 0.922. The van der Waals surface area contributed by atoms with Gasteiger partial charge in [0.05, 0.1) is 0 Å². The van der Waals surface area contributed by atoms with Gasteiger partial charge in [-0.2, -0.15) is 5.10 Å². The van der Waals surface area contributed by atoms with Crippen LogP contribution < -0.4 is 4.90 Å². The molecule has 4 heteroatoms. The first-order valence-electron chi connectivity index (χ1n) is 5.67. The first kappa shape index (κ1) is 10.1. The summed E-state index contributed by atoms with van der Waals surface area (Å²) >= 11 is 0. The summed E-state index contributed by atoms with van der Waals surface area (Å²) in [6.45, 7) is 2.63. The standard InChI is InChI=1S/C13H13N3O/c1-9-8-11(15-14-9)13(17)16-7-6-10-4-2-3-5-12(10)16/h2-5,8H,6-7H2,1H3,(H,14,15). The molecule has 0 atom stereocenters. The summed E-state index contributed by atoms with van der Waals surface area (Å²) in [5.41, 5.74) is 3.63. The van der Waals surface area contributed by atoms with Gasteiger partial charge in [0, 0.05) is 17.9 Å². The molecule has 1 amide bonds. The number of anilines is 1. The van der Waals surface area contributed by atoms with E-state index in [2.05, 4.69) is 16.3 Å². The minimum Gasteiger partial charge on any atom is -0.306 e. The Kier molecular flexibility index (Phi) is 2.21. The Bertz CT molecular complexity index is 574. The average molecular weight is 227 g/mol. The molecule has 0 fully saturated rings. The predicted octanol–water partition coefficient (Wildman–Crippen LogP) is 1.92. The second-order valence-corrected chi connectivity index (χ2v) is 4.27. The molecule has 1 aromatic carbocycles. The minimum absolute atomic E-state index is 0.0284. The Morgan fingerprint density at radius 1 is 1.41 bits per heavy atom. The Morgan fingerprint density at radius 3 is 3.00 bits per heavy atom. The fourth-order valence-corrected chi connectivity index (χ4v) is 2.22. The highest BCUT2D eigenvalue weighted by Crippen LogP contribution is 2.28. The van der Waals surface area contributed by atoms with Crippen LogP contribution in [0, 0.1) is 6.92 Å². The van der Waals surface area contributed by atoms with E-state index in [9.17, 15) is 4.79 Å². The second kappa shape index (κ2) is 3.73. The maximum absolute atomic E-state index is 12.3.